The standard InChI is InChI=1S/C32H43N5O6/c1-16(2)11-24(36-29(41)23-13-19-17(3)7-6-8-21(19)34-23)31(43)37-14-20-26(32(20,4)5)27(37)30(42)35-22(25(39)15-38)12-18-9-10-33-28(18)40/h6-8,13,16,18,20,22,24,26-27,34,38H,9-12,14-15H2,1-5H3,(H,33,40)(H,35,42)(H,36,41)/t18-,20-,22-,24?,26-,27-/m0/s1. The van der Waals surface area contributed by atoms with Crippen LogP contribution in [-0.2, 0) is 19.2 Å². The first-order valence-electron chi connectivity index (χ1n) is 15.2. The van der Waals surface area contributed by atoms with Crippen LogP contribution < -0.4 is 16.0 Å². The van der Waals surface area contributed by atoms with Crippen molar-refractivity contribution in [3.05, 3.63) is 35.5 Å². The van der Waals surface area contributed by atoms with Gasteiger partial charge in [-0.2, -0.15) is 0 Å². The number of aromatic amines is 1. The number of aromatic nitrogens is 1. The van der Waals surface area contributed by atoms with Crippen molar-refractivity contribution in [3.63, 3.8) is 0 Å². The van der Waals surface area contributed by atoms with Crippen LogP contribution in [0, 0.1) is 36.0 Å². The number of carbonyl (C=O) groups is 5. The Bertz CT molecular complexity index is 1450. The highest BCUT2D eigenvalue weighted by molar-refractivity contribution is 6.01. The van der Waals surface area contributed by atoms with Crippen LogP contribution in [0.5, 0.6) is 0 Å². The van der Waals surface area contributed by atoms with E-state index in [1.54, 1.807) is 11.0 Å². The van der Waals surface area contributed by atoms with Crippen LogP contribution in [0.25, 0.3) is 10.9 Å². The number of rotatable bonds is 11. The smallest absolute Gasteiger partial charge is 0.268 e. The fraction of sp³-hybridized carbons (Fsp3) is 0.594. The summed E-state index contributed by atoms with van der Waals surface area (Å²) >= 11 is 0. The molecule has 232 valence electrons. The van der Waals surface area contributed by atoms with E-state index in [1.807, 2.05) is 39.0 Å². The Morgan fingerprint density at radius 2 is 1.88 bits per heavy atom. The van der Waals surface area contributed by atoms with Crippen molar-refractivity contribution in [2.75, 3.05) is 19.7 Å². The molecular formula is C32H43N5O6. The fourth-order valence-electron chi connectivity index (χ4n) is 7.16. The molecule has 11 nitrogen and oxygen atoms in total. The SMILES string of the molecule is Cc1cccc2[nH]c(C(=O)NC(CC(C)C)C(=O)N3C[C@H]4[C@@H]([C@H]3C(=O)N[C@@H](C[C@@H]3CCNC3=O)C(=O)CO)C4(C)C)cc12. The van der Waals surface area contributed by atoms with Crippen molar-refractivity contribution in [2.45, 2.75) is 72.0 Å². The van der Waals surface area contributed by atoms with Crippen LogP contribution in [0.1, 0.15) is 63.0 Å². The summed E-state index contributed by atoms with van der Waals surface area (Å²) in [6.45, 7) is 10.1. The molecule has 5 N–H and O–H groups in total. The predicted molar refractivity (Wildman–Crippen MR) is 160 cm³/mol. The van der Waals surface area contributed by atoms with Gasteiger partial charge in [0.2, 0.25) is 17.7 Å². The number of aliphatic hydroxyl groups excluding tert-OH is 1. The Balaban J connectivity index is 1.36. The summed E-state index contributed by atoms with van der Waals surface area (Å²) in [5.41, 5.74) is 2.05. The summed E-state index contributed by atoms with van der Waals surface area (Å²) in [6, 6.07) is 4.83. The molecule has 2 aliphatic heterocycles. The minimum absolute atomic E-state index is 0.0872. The van der Waals surface area contributed by atoms with E-state index in [0.29, 0.717) is 31.6 Å². The number of aliphatic hydroxyl groups is 1. The number of likely N-dealkylation sites (tertiary alicyclic amines) is 1. The first-order chi connectivity index (χ1) is 20.3. The van der Waals surface area contributed by atoms with Gasteiger partial charge in [0.05, 0.1) is 6.04 Å². The molecule has 1 aromatic carbocycles. The first kappa shape index (κ1) is 30.7. The zero-order chi connectivity index (χ0) is 31.2. The Labute approximate surface area is 251 Å². The minimum Gasteiger partial charge on any atom is -0.389 e. The molecule has 3 heterocycles. The number of nitrogens with one attached hydrogen (secondary N) is 4. The van der Waals surface area contributed by atoms with Crippen LogP contribution in [0.4, 0.5) is 0 Å². The Morgan fingerprint density at radius 1 is 1.14 bits per heavy atom. The van der Waals surface area contributed by atoms with Gasteiger partial charge in [-0.15, -0.1) is 0 Å². The number of aryl methyl sites for hydroxylation is 1. The van der Waals surface area contributed by atoms with Crippen molar-refractivity contribution in [3.8, 4) is 0 Å². The molecule has 3 aliphatic rings. The zero-order valence-corrected chi connectivity index (χ0v) is 25.5. The van der Waals surface area contributed by atoms with Crippen LogP contribution in [0.3, 0.4) is 0 Å². The maximum Gasteiger partial charge on any atom is 0.268 e. The van der Waals surface area contributed by atoms with Gasteiger partial charge in [-0.1, -0.05) is 39.8 Å². The second kappa shape index (κ2) is 11.7. The number of piperidine rings is 1. The monoisotopic (exact) mass is 593 g/mol. The molecule has 6 atom stereocenters. The van der Waals surface area contributed by atoms with Crippen LogP contribution in [-0.4, -0.2) is 82.2 Å². The van der Waals surface area contributed by atoms with E-state index in [9.17, 15) is 29.1 Å². The molecule has 3 fully saturated rings. The second-order valence-corrected chi connectivity index (χ2v) is 13.5. The van der Waals surface area contributed by atoms with Gasteiger partial charge < -0.3 is 30.9 Å². The number of H-pyrrole nitrogens is 1. The third kappa shape index (κ3) is 5.91. The highest BCUT2D eigenvalue weighted by Gasteiger charge is 2.69. The fourth-order valence-corrected chi connectivity index (χ4v) is 7.16. The molecule has 43 heavy (non-hydrogen) atoms. The van der Waals surface area contributed by atoms with Gasteiger partial charge >= 0.3 is 0 Å². The van der Waals surface area contributed by atoms with E-state index >= 15 is 0 Å². The number of ketones is 1. The van der Waals surface area contributed by atoms with Gasteiger partial charge in [-0.25, -0.2) is 0 Å². The number of nitrogens with zero attached hydrogens (tertiary/aromatic N) is 1. The normalized spacial score (nSPS) is 25.3. The average molecular weight is 594 g/mol. The van der Waals surface area contributed by atoms with Crippen LogP contribution in [0.15, 0.2) is 24.3 Å². The lowest BCUT2D eigenvalue weighted by atomic mass is 9.94. The van der Waals surface area contributed by atoms with Crippen LogP contribution >= 0.6 is 0 Å². The van der Waals surface area contributed by atoms with Gasteiger partial charge in [-0.05, 0) is 67.1 Å². The van der Waals surface area contributed by atoms with Crippen molar-refractivity contribution in [2.24, 2.45) is 29.1 Å². The van der Waals surface area contributed by atoms with Gasteiger partial charge in [-0.3, -0.25) is 24.0 Å². The molecule has 0 bridgehead atoms. The highest BCUT2D eigenvalue weighted by Crippen LogP contribution is 2.65. The Kier molecular flexibility index (Phi) is 8.39. The number of Topliss-reactive ketones (excluding diaryl/α,β-unsaturated/α-hetero) is 1. The molecule has 2 aromatic rings. The number of hydrogen-bond donors (Lipinski definition) is 5. The molecule has 1 unspecified atom stereocenters. The van der Waals surface area contributed by atoms with Gasteiger partial charge in [0, 0.05) is 29.9 Å². The topological polar surface area (TPSA) is 161 Å². The molecule has 1 aromatic heterocycles. The largest absolute Gasteiger partial charge is 0.389 e. The highest BCUT2D eigenvalue weighted by atomic mass is 16.3. The number of amides is 4. The van der Waals surface area contributed by atoms with Crippen molar-refractivity contribution in [1.29, 1.82) is 0 Å². The Hall–Kier alpha value is -3.73. The molecular weight excluding hydrogens is 550 g/mol. The molecule has 2 saturated heterocycles. The van der Waals surface area contributed by atoms with E-state index in [-0.39, 0.29) is 41.4 Å². The van der Waals surface area contributed by atoms with E-state index in [0.717, 1.165) is 16.5 Å². The van der Waals surface area contributed by atoms with E-state index in [2.05, 4.69) is 34.8 Å². The van der Waals surface area contributed by atoms with Gasteiger partial charge in [0.1, 0.15) is 24.4 Å². The molecule has 0 spiro atoms. The maximum absolute atomic E-state index is 14.1. The van der Waals surface area contributed by atoms with Crippen molar-refractivity contribution < 1.29 is 29.1 Å². The number of carbonyl (C=O) groups excluding carboxylic acids is 5. The van der Waals surface area contributed by atoms with Gasteiger partial charge in [0.15, 0.2) is 5.78 Å². The Morgan fingerprint density at radius 3 is 2.51 bits per heavy atom. The summed E-state index contributed by atoms with van der Waals surface area (Å²) in [7, 11) is 0. The second-order valence-electron chi connectivity index (χ2n) is 13.5. The molecule has 11 heteroatoms. The first-order valence-corrected chi connectivity index (χ1v) is 15.2. The van der Waals surface area contributed by atoms with E-state index in [4.69, 9.17) is 0 Å². The average Bonchev–Trinajstić information content (AvgIpc) is 3.47. The van der Waals surface area contributed by atoms with Crippen molar-refractivity contribution in [1.82, 2.24) is 25.8 Å². The number of benzene rings is 1. The lowest BCUT2D eigenvalue weighted by Gasteiger charge is -2.34. The molecule has 1 saturated carbocycles. The van der Waals surface area contributed by atoms with E-state index in [1.165, 1.54) is 0 Å². The maximum atomic E-state index is 14.1. The number of hydrogen-bond acceptors (Lipinski definition) is 6. The molecule has 4 amide bonds. The third-order valence-corrected chi connectivity index (χ3v) is 9.74. The van der Waals surface area contributed by atoms with E-state index < -0.39 is 48.2 Å². The predicted octanol–water partition coefficient (Wildman–Crippen LogP) is 1.68. The molecule has 5 rings (SSSR count). The quantitative estimate of drug-likeness (QED) is 0.266. The minimum atomic E-state index is -1.04. The third-order valence-electron chi connectivity index (χ3n) is 9.74. The molecule has 1 aliphatic carbocycles. The summed E-state index contributed by atoms with van der Waals surface area (Å²) < 4.78 is 0. The lowest BCUT2D eigenvalue weighted by Crippen LogP contribution is -2.58. The van der Waals surface area contributed by atoms with Crippen molar-refractivity contribution >= 4 is 40.3 Å². The summed E-state index contributed by atoms with van der Waals surface area (Å²) in [5, 5.41) is 19.0. The summed E-state index contributed by atoms with van der Waals surface area (Å²) in [5.74, 6) is -2.32. The van der Waals surface area contributed by atoms with Crippen LogP contribution in [0.2, 0.25) is 0 Å². The number of fused-ring (bicyclic) bond motifs is 2. The summed E-state index contributed by atoms with van der Waals surface area (Å²) in [6.07, 6.45) is 1.02. The molecule has 0 radical (unpaired) electrons. The lowest BCUT2D eigenvalue weighted by molar-refractivity contribution is -0.143. The summed E-state index contributed by atoms with van der Waals surface area (Å²) in [4.78, 5) is 70.9. The van der Waals surface area contributed by atoms with Gasteiger partial charge in [0.25, 0.3) is 5.91 Å². The zero-order valence-electron chi connectivity index (χ0n) is 25.5.